The Labute approximate surface area is 115 Å². The van der Waals surface area contributed by atoms with E-state index in [0.29, 0.717) is 5.02 Å². The van der Waals surface area contributed by atoms with Crippen molar-refractivity contribution in [3.05, 3.63) is 29.3 Å². The monoisotopic (exact) mass is 324 g/mol. The summed E-state index contributed by atoms with van der Waals surface area (Å²) in [6.45, 7) is 0.893. The second-order valence-corrected chi connectivity index (χ2v) is 7.26. The number of hydrogen-bond donors (Lipinski definition) is 0. The molecule has 10 heteroatoms. The van der Waals surface area contributed by atoms with Crippen LogP contribution in [0.25, 0.3) is 0 Å². The minimum absolute atomic E-state index is 0.105. The zero-order chi connectivity index (χ0) is 14.7. The van der Waals surface area contributed by atoms with Gasteiger partial charge < -0.3 is 0 Å². The lowest BCUT2D eigenvalue weighted by Crippen LogP contribution is -2.35. The summed E-state index contributed by atoms with van der Waals surface area (Å²) in [5.41, 5.74) is 0. The van der Waals surface area contributed by atoms with Gasteiger partial charge in [0, 0.05) is 11.6 Å². The van der Waals surface area contributed by atoms with Crippen molar-refractivity contribution in [3.8, 4) is 0 Å². The quantitative estimate of drug-likeness (QED) is 0.592. The molecular formula is C9H9ClN2O5S2. The maximum atomic E-state index is 12.1. The SMILES string of the molecule is CCN(S(=O)(=O)N=C=O)S(=O)(=O)c1ccc(Cl)cc1. The van der Waals surface area contributed by atoms with Crippen molar-refractivity contribution in [3.63, 3.8) is 0 Å². The molecule has 1 aromatic rings. The van der Waals surface area contributed by atoms with Gasteiger partial charge in [-0.15, -0.1) is 0 Å². The summed E-state index contributed by atoms with van der Waals surface area (Å²) >= 11 is 5.62. The van der Waals surface area contributed by atoms with Crippen LogP contribution in [0, 0.1) is 0 Å². The van der Waals surface area contributed by atoms with Gasteiger partial charge in [0.2, 0.25) is 0 Å². The molecule has 1 rings (SSSR count). The highest BCUT2D eigenvalue weighted by molar-refractivity contribution is 8.03. The Morgan fingerprint density at radius 1 is 1.21 bits per heavy atom. The van der Waals surface area contributed by atoms with E-state index in [1.807, 2.05) is 0 Å². The van der Waals surface area contributed by atoms with Gasteiger partial charge in [-0.2, -0.15) is 8.42 Å². The first-order valence-electron chi connectivity index (χ1n) is 4.88. The highest BCUT2D eigenvalue weighted by Gasteiger charge is 2.33. The van der Waals surface area contributed by atoms with E-state index in [9.17, 15) is 21.6 Å². The maximum Gasteiger partial charge on any atom is 0.346 e. The van der Waals surface area contributed by atoms with Crippen LogP contribution in [0.3, 0.4) is 0 Å². The Morgan fingerprint density at radius 3 is 2.16 bits per heavy atom. The summed E-state index contributed by atoms with van der Waals surface area (Å²) in [5.74, 6) is 0. The molecule has 0 atom stereocenters. The second kappa shape index (κ2) is 5.81. The zero-order valence-corrected chi connectivity index (χ0v) is 12.0. The molecule has 0 N–H and O–H groups in total. The fourth-order valence-electron chi connectivity index (χ4n) is 1.27. The number of halogens is 1. The number of isocyanates is 1. The molecule has 0 bridgehead atoms. The number of hydrogen-bond acceptors (Lipinski definition) is 5. The first-order valence-corrected chi connectivity index (χ1v) is 8.09. The minimum atomic E-state index is -4.62. The third-order valence-electron chi connectivity index (χ3n) is 2.05. The van der Waals surface area contributed by atoms with Crippen LogP contribution in [0.2, 0.25) is 5.02 Å². The highest BCUT2D eigenvalue weighted by Crippen LogP contribution is 2.21. The summed E-state index contributed by atoms with van der Waals surface area (Å²) in [5, 5.41) is 0.302. The summed E-state index contributed by atoms with van der Waals surface area (Å²) in [4.78, 5) is 9.76. The molecule has 0 radical (unpaired) electrons. The van der Waals surface area contributed by atoms with E-state index >= 15 is 0 Å². The van der Waals surface area contributed by atoms with Crippen LogP contribution in [0.15, 0.2) is 33.6 Å². The lowest BCUT2D eigenvalue weighted by molar-refractivity contribution is 0.506. The molecule has 0 spiro atoms. The van der Waals surface area contributed by atoms with Crippen LogP contribution in [0.1, 0.15) is 6.92 Å². The van der Waals surface area contributed by atoms with Gasteiger partial charge in [-0.1, -0.05) is 26.6 Å². The van der Waals surface area contributed by atoms with E-state index in [1.54, 1.807) is 0 Å². The van der Waals surface area contributed by atoms with Crippen LogP contribution in [-0.4, -0.2) is 33.2 Å². The number of benzene rings is 1. The van der Waals surface area contributed by atoms with Crippen LogP contribution >= 0.6 is 11.6 Å². The average molecular weight is 325 g/mol. The molecule has 0 unspecified atom stereocenters. The largest absolute Gasteiger partial charge is 0.346 e. The number of sulfonamides is 1. The second-order valence-electron chi connectivity index (χ2n) is 3.21. The molecule has 0 aliphatic heterocycles. The standard InChI is InChI=1S/C9H9ClN2O5S2/c1-2-12(19(16,17)11-7-13)18(14,15)9-5-3-8(10)4-6-9/h3-6H,2H2,1H3. The average Bonchev–Trinajstić information content (AvgIpc) is 2.29. The Bertz CT molecular complexity index is 705. The van der Waals surface area contributed by atoms with Crippen molar-refractivity contribution in [2.24, 2.45) is 4.40 Å². The van der Waals surface area contributed by atoms with E-state index in [-0.39, 0.29) is 8.61 Å². The Balaban J connectivity index is 3.39. The molecule has 19 heavy (non-hydrogen) atoms. The first kappa shape index (κ1) is 15.8. The van der Waals surface area contributed by atoms with Gasteiger partial charge in [-0.3, -0.25) is 0 Å². The summed E-state index contributed by atoms with van der Waals surface area (Å²) < 4.78 is 49.9. The Kier molecular flexibility index (Phi) is 4.83. The normalized spacial score (nSPS) is 12.2. The van der Waals surface area contributed by atoms with Gasteiger partial charge >= 0.3 is 10.2 Å². The molecule has 0 amide bonds. The van der Waals surface area contributed by atoms with Crippen molar-refractivity contribution in [1.82, 2.24) is 3.71 Å². The third-order valence-corrected chi connectivity index (χ3v) is 6.19. The molecule has 0 aliphatic carbocycles. The summed E-state index contributed by atoms with van der Waals surface area (Å²) in [6, 6.07) is 4.91. The predicted molar refractivity (Wildman–Crippen MR) is 68.1 cm³/mol. The van der Waals surface area contributed by atoms with Gasteiger partial charge in [0.15, 0.2) is 0 Å². The fourth-order valence-corrected chi connectivity index (χ4v) is 4.32. The van der Waals surface area contributed by atoms with E-state index in [0.717, 1.165) is 18.2 Å². The molecular weight excluding hydrogens is 316 g/mol. The van der Waals surface area contributed by atoms with E-state index < -0.39 is 26.8 Å². The zero-order valence-electron chi connectivity index (χ0n) is 9.65. The Hall–Kier alpha value is -1.25. The minimum Gasteiger partial charge on any atom is -0.210 e. The lowest BCUT2D eigenvalue weighted by Gasteiger charge is -2.16. The fraction of sp³-hybridized carbons (Fsp3) is 0.222. The number of nitrogens with zero attached hydrogens (tertiary/aromatic N) is 2. The van der Waals surface area contributed by atoms with Crippen molar-refractivity contribution in [2.75, 3.05) is 6.54 Å². The third kappa shape index (κ3) is 3.40. The number of carbonyl (C=O) groups excluding carboxylic acids is 1. The van der Waals surface area contributed by atoms with Crippen LogP contribution in [0.5, 0.6) is 0 Å². The smallest absolute Gasteiger partial charge is 0.210 e. The summed E-state index contributed by atoms with van der Waals surface area (Å²) in [7, 11) is -8.96. The van der Waals surface area contributed by atoms with Crippen LogP contribution in [0.4, 0.5) is 0 Å². The van der Waals surface area contributed by atoms with Crippen molar-refractivity contribution < 1.29 is 21.6 Å². The molecule has 104 valence electrons. The lowest BCUT2D eigenvalue weighted by atomic mass is 10.4. The van der Waals surface area contributed by atoms with Gasteiger partial charge in [-0.25, -0.2) is 13.2 Å². The van der Waals surface area contributed by atoms with Crippen molar-refractivity contribution in [1.29, 1.82) is 0 Å². The van der Waals surface area contributed by atoms with Crippen LogP contribution < -0.4 is 0 Å². The maximum absolute atomic E-state index is 12.1. The van der Waals surface area contributed by atoms with E-state index in [1.165, 1.54) is 19.1 Å². The highest BCUT2D eigenvalue weighted by atomic mass is 35.5. The molecule has 0 heterocycles. The van der Waals surface area contributed by atoms with E-state index in [4.69, 9.17) is 11.6 Å². The molecule has 0 saturated carbocycles. The number of rotatable bonds is 5. The van der Waals surface area contributed by atoms with E-state index in [2.05, 4.69) is 4.40 Å². The van der Waals surface area contributed by atoms with Gasteiger partial charge in [0.1, 0.15) is 0 Å². The molecule has 0 saturated heterocycles. The predicted octanol–water partition coefficient (Wildman–Crippen LogP) is 0.931. The molecule has 0 fully saturated rings. The van der Waals surface area contributed by atoms with Crippen molar-refractivity contribution >= 4 is 37.9 Å². The summed E-state index contributed by atoms with van der Waals surface area (Å²) in [6.07, 6.45) is 0.815. The topological polar surface area (TPSA) is 101 Å². The molecule has 1 aromatic carbocycles. The van der Waals surface area contributed by atoms with Gasteiger partial charge in [0.05, 0.1) is 4.90 Å². The molecule has 0 aromatic heterocycles. The first-order chi connectivity index (χ1) is 8.75. The molecule has 7 nitrogen and oxygen atoms in total. The van der Waals surface area contributed by atoms with Crippen molar-refractivity contribution in [2.45, 2.75) is 11.8 Å². The van der Waals surface area contributed by atoms with Crippen LogP contribution in [-0.2, 0) is 25.0 Å². The Morgan fingerprint density at radius 2 is 1.74 bits per heavy atom. The van der Waals surface area contributed by atoms with Gasteiger partial charge in [-0.05, 0) is 24.3 Å². The molecule has 0 aliphatic rings. The van der Waals surface area contributed by atoms with Gasteiger partial charge in [0.25, 0.3) is 16.1 Å².